The number of hydrogen-bond acceptors (Lipinski definition) is 2. The maximum atomic E-state index is 12.6. The number of alkyl halides is 1. The fraction of sp³-hybridized carbons (Fsp3) is 0.714. The Bertz CT molecular complexity index is 677. The van der Waals surface area contributed by atoms with Crippen LogP contribution >= 0.6 is 15.9 Å². The van der Waals surface area contributed by atoms with E-state index < -0.39 is 0 Å². The molecule has 3 heteroatoms. The van der Waals surface area contributed by atoms with Crippen LogP contribution in [0.1, 0.15) is 52.9 Å². The monoisotopic (exact) mass is 390 g/mol. The molecular formula is C21H27BrO2. The third-order valence-electron chi connectivity index (χ3n) is 8.15. The van der Waals surface area contributed by atoms with Gasteiger partial charge in [-0.05, 0) is 72.0 Å². The molecular weight excluding hydrogens is 364 g/mol. The van der Waals surface area contributed by atoms with E-state index in [1.165, 1.54) is 5.57 Å². The van der Waals surface area contributed by atoms with E-state index in [2.05, 4.69) is 43.3 Å². The van der Waals surface area contributed by atoms with Gasteiger partial charge in [0.05, 0.1) is 4.83 Å². The van der Waals surface area contributed by atoms with Gasteiger partial charge in [0.25, 0.3) is 0 Å². The normalized spacial score (nSPS) is 50.9. The zero-order valence-corrected chi connectivity index (χ0v) is 16.5. The Morgan fingerprint density at radius 3 is 2.54 bits per heavy atom. The highest BCUT2D eigenvalue weighted by molar-refractivity contribution is 9.10. The minimum Gasteiger partial charge on any atom is -0.299 e. The summed E-state index contributed by atoms with van der Waals surface area (Å²) in [6, 6.07) is 0. The van der Waals surface area contributed by atoms with Crippen LogP contribution in [0.5, 0.6) is 0 Å². The number of allylic oxidation sites excluding steroid dienone is 2. The first kappa shape index (κ1) is 16.8. The summed E-state index contributed by atoms with van der Waals surface area (Å²) in [5.74, 6) is 2.60. The van der Waals surface area contributed by atoms with Crippen molar-refractivity contribution in [1.82, 2.24) is 0 Å². The van der Waals surface area contributed by atoms with Crippen molar-refractivity contribution in [3.8, 4) is 0 Å². The summed E-state index contributed by atoms with van der Waals surface area (Å²) in [6.45, 7) is 11.2. The molecule has 3 fully saturated rings. The molecule has 0 aromatic rings. The van der Waals surface area contributed by atoms with Gasteiger partial charge in [-0.2, -0.15) is 0 Å². The summed E-state index contributed by atoms with van der Waals surface area (Å²) in [4.78, 5) is 24.8. The number of hydrogen-bond donors (Lipinski definition) is 0. The van der Waals surface area contributed by atoms with Crippen LogP contribution in [0.25, 0.3) is 0 Å². The number of rotatable bonds is 0. The van der Waals surface area contributed by atoms with E-state index in [9.17, 15) is 9.59 Å². The Hall–Kier alpha value is -0.700. The molecule has 0 spiro atoms. The first-order valence-electron chi connectivity index (χ1n) is 9.32. The molecule has 0 N–H and O–H groups in total. The van der Waals surface area contributed by atoms with Gasteiger partial charge >= 0.3 is 0 Å². The van der Waals surface area contributed by atoms with Crippen molar-refractivity contribution in [3.63, 3.8) is 0 Å². The second kappa shape index (κ2) is 5.16. The molecule has 0 aliphatic heterocycles. The third kappa shape index (κ3) is 1.94. The van der Waals surface area contributed by atoms with Gasteiger partial charge in [-0.1, -0.05) is 43.3 Å². The SMILES string of the molecule is C=C1C2=CC(=O)C(Br)C[C@]2(C)[C@@H]2CC[C@]3(C)C(=O)CC[C@H]3[C@@H]2C1C. The lowest BCUT2D eigenvalue weighted by molar-refractivity contribution is -0.133. The molecule has 0 amide bonds. The number of fused-ring (bicyclic) bond motifs is 5. The minimum atomic E-state index is -0.119. The molecule has 4 aliphatic rings. The van der Waals surface area contributed by atoms with Crippen molar-refractivity contribution in [3.05, 3.63) is 23.8 Å². The standard InChI is InChI=1S/C21H27BrO2/c1-11-12(2)19-13-5-6-18(24)20(13,3)8-7-14(19)21(4)10-16(22)17(23)9-15(11)21/h9,12-14,16,19H,1,5-8,10H2,2-4H3/t12?,13-,14+,16?,19-,20-,21+/m0/s1. The van der Waals surface area contributed by atoms with Crippen LogP contribution in [0.4, 0.5) is 0 Å². The van der Waals surface area contributed by atoms with Crippen LogP contribution in [0.2, 0.25) is 0 Å². The van der Waals surface area contributed by atoms with Crippen LogP contribution < -0.4 is 0 Å². The van der Waals surface area contributed by atoms with Crippen LogP contribution in [0.3, 0.4) is 0 Å². The Labute approximate surface area is 153 Å². The number of carbonyl (C=O) groups excluding carboxylic acids is 2. The summed E-state index contributed by atoms with van der Waals surface area (Å²) in [6.07, 6.45) is 6.64. The van der Waals surface area contributed by atoms with Crippen molar-refractivity contribution in [2.75, 3.05) is 0 Å². The van der Waals surface area contributed by atoms with Gasteiger partial charge in [-0.15, -0.1) is 0 Å². The van der Waals surface area contributed by atoms with Crippen molar-refractivity contribution in [2.24, 2.45) is 34.5 Å². The van der Waals surface area contributed by atoms with Crippen molar-refractivity contribution in [2.45, 2.75) is 57.7 Å². The van der Waals surface area contributed by atoms with Crippen LogP contribution in [0, 0.1) is 34.5 Å². The van der Waals surface area contributed by atoms with Gasteiger partial charge in [0, 0.05) is 11.8 Å². The average Bonchev–Trinajstić information content (AvgIpc) is 2.83. The lowest BCUT2D eigenvalue weighted by Crippen LogP contribution is -2.54. The molecule has 2 unspecified atom stereocenters. The number of ketones is 2. The van der Waals surface area contributed by atoms with Gasteiger partial charge in [-0.3, -0.25) is 9.59 Å². The highest BCUT2D eigenvalue weighted by Gasteiger charge is 2.62. The predicted octanol–water partition coefficient (Wildman–Crippen LogP) is 4.87. The van der Waals surface area contributed by atoms with E-state index >= 15 is 0 Å². The van der Waals surface area contributed by atoms with E-state index in [0.29, 0.717) is 29.5 Å². The number of carbonyl (C=O) groups is 2. The molecule has 0 heterocycles. The van der Waals surface area contributed by atoms with Crippen molar-refractivity contribution in [1.29, 1.82) is 0 Å². The van der Waals surface area contributed by atoms with Crippen molar-refractivity contribution >= 4 is 27.5 Å². The zero-order valence-electron chi connectivity index (χ0n) is 14.9. The van der Waals surface area contributed by atoms with E-state index in [0.717, 1.165) is 37.7 Å². The van der Waals surface area contributed by atoms with Gasteiger partial charge in [0.2, 0.25) is 0 Å². The predicted molar refractivity (Wildman–Crippen MR) is 98.9 cm³/mol. The smallest absolute Gasteiger partial charge is 0.169 e. The molecule has 0 saturated heterocycles. The molecule has 0 aromatic heterocycles. The molecule has 7 atom stereocenters. The summed E-state index contributed by atoms with van der Waals surface area (Å²) < 4.78 is 0. The summed E-state index contributed by atoms with van der Waals surface area (Å²) in [5, 5.41) is 0. The second-order valence-electron chi connectivity index (χ2n) is 9.07. The lowest BCUT2D eigenvalue weighted by atomic mass is 9.44. The highest BCUT2D eigenvalue weighted by Crippen LogP contribution is 2.66. The minimum absolute atomic E-state index is 0.0172. The van der Waals surface area contributed by atoms with Crippen LogP contribution in [0.15, 0.2) is 23.8 Å². The Balaban J connectivity index is 1.82. The second-order valence-corrected chi connectivity index (χ2v) is 10.2. The fourth-order valence-electron chi connectivity index (χ4n) is 6.68. The van der Waals surface area contributed by atoms with Gasteiger partial charge in [0.15, 0.2) is 5.78 Å². The van der Waals surface area contributed by atoms with Crippen LogP contribution in [-0.2, 0) is 9.59 Å². The van der Waals surface area contributed by atoms with E-state index in [1.54, 1.807) is 0 Å². The molecule has 0 radical (unpaired) electrons. The molecule has 3 saturated carbocycles. The largest absolute Gasteiger partial charge is 0.299 e. The molecule has 24 heavy (non-hydrogen) atoms. The maximum absolute atomic E-state index is 12.6. The fourth-order valence-corrected chi connectivity index (χ4v) is 7.48. The molecule has 4 aliphatic carbocycles. The maximum Gasteiger partial charge on any atom is 0.169 e. The van der Waals surface area contributed by atoms with Crippen LogP contribution in [-0.4, -0.2) is 16.4 Å². The molecule has 2 nitrogen and oxygen atoms in total. The Morgan fingerprint density at radius 1 is 1.17 bits per heavy atom. The topological polar surface area (TPSA) is 34.1 Å². The van der Waals surface area contributed by atoms with E-state index in [1.807, 2.05) is 6.08 Å². The molecule has 130 valence electrons. The van der Waals surface area contributed by atoms with E-state index in [4.69, 9.17) is 0 Å². The highest BCUT2D eigenvalue weighted by atomic mass is 79.9. The van der Waals surface area contributed by atoms with E-state index in [-0.39, 0.29) is 21.4 Å². The lowest BCUT2D eigenvalue weighted by Gasteiger charge is -2.60. The summed E-state index contributed by atoms with van der Waals surface area (Å²) >= 11 is 3.60. The quantitative estimate of drug-likeness (QED) is 0.552. The summed E-state index contributed by atoms with van der Waals surface area (Å²) in [7, 11) is 0. The van der Waals surface area contributed by atoms with Gasteiger partial charge in [0.1, 0.15) is 5.78 Å². The first-order valence-corrected chi connectivity index (χ1v) is 10.2. The number of halogens is 1. The zero-order chi connectivity index (χ0) is 17.4. The third-order valence-corrected chi connectivity index (χ3v) is 8.92. The first-order chi connectivity index (χ1) is 11.2. The van der Waals surface area contributed by atoms with Gasteiger partial charge < -0.3 is 0 Å². The van der Waals surface area contributed by atoms with Crippen molar-refractivity contribution < 1.29 is 9.59 Å². The Kier molecular flexibility index (Phi) is 3.60. The number of Topliss-reactive ketones (excluding diaryl/α,β-unsaturated/α-hetero) is 1. The Morgan fingerprint density at radius 2 is 1.83 bits per heavy atom. The molecule has 4 rings (SSSR count). The summed E-state index contributed by atoms with van der Waals surface area (Å²) in [5.41, 5.74) is 2.24. The molecule has 0 aromatic carbocycles. The van der Waals surface area contributed by atoms with Gasteiger partial charge in [-0.25, -0.2) is 0 Å². The molecule has 0 bridgehead atoms. The average molecular weight is 391 g/mol.